The van der Waals surface area contributed by atoms with Crippen LogP contribution in [0, 0.1) is 28.6 Å². The van der Waals surface area contributed by atoms with Crippen molar-refractivity contribution >= 4 is 17.5 Å². The lowest BCUT2D eigenvalue weighted by Gasteiger charge is -2.49. The lowest BCUT2D eigenvalue weighted by molar-refractivity contribution is -0.00254. The van der Waals surface area contributed by atoms with Crippen molar-refractivity contribution in [2.45, 2.75) is 38.5 Å². The fourth-order valence-electron chi connectivity index (χ4n) is 8.33. The largest absolute Gasteiger partial charge is 0.378 e. The van der Waals surface area contributed by atoms with Crippen LogP contribution in [-0.4, -0.2) is 58.9 Å². The molecule has 7 nitrogen and oxygen atoms in total. The number of hydrogen-bond acceptors (Lipinski definition) is 4. The van der Waals surface area contributed by atoms with E-state index < -0.39 is 0 Å². The molecule has 0 aromatic carbocycles. The summed E-state index contributed by atoms with van der Waals surface area (Å²) in [5, 5.41) is 3.29. The van der Waals surface area contributed by atoms with E-state index in [1.165, 1.54) is 38.5 Å². The van der Waals surface area contributed by atoms with Crippen LogP contribution in [-0.2, 0) is 4.74 Å². The van der Waals surface area contributed by atoms with Crippen molar-refractivity contribution in [2.24, 2.45) is 28.6 Å². The Hall–Kier alpha value is -2.41. The third-order valence-corrected chi connectivity index (χ3v) is 9.45. The molecule has 5 aliphatic rings. The highest BCUT2D eigenvalue weighted by Gasteiger charge is 2.70. The number of amides is 2. The van der Waals surface area contributed by atoms with Gasteiger partial charge < -0.3 is 15.0 Å². The van der Waals surface area contributed by atoms with Crippen LogP contribution in [0.25, 0.3) is 5.65 Å². The molecule has 1 saturated heterocycles. The zero-order valence-electron chi connectivity index (χ0n) is 18.4. The van der Waals surface area contributed by atoms with E-state index in [0.29, 0.717) is 54.2 Å². The Morgan fingerprint density at radius 1 is 1.12 bits per heavy atom. The molecular formula is C25H30N4O3. The van der Waals surface area contributed by atoms with Gasteiger partial charge in [-0.25, -0.2) is 4.98 Å². The van der Waals surface area contributed by atoms with Gasteiger partial charge in [-0.3, -0.25) is 14.0 Å². The summed E-state index contributed by atoms with van der Waals surface area (Å²) < 4.78 is 7.11. The van der Waals surface area contributed by atoms with E-state index in [9.17, 15) is 9.59 Å². The van der Waals surface area contributed by atoms with Gasteiger partial charge in [-0.2, -0.15) is 0 Å². The average molecular weight is 435 g/mol. The van der Waals surface area contributed by atoms with Crippen molar-refractivity contribution in [3.05, 3.63) is 35.8 Å². The van der Waals surface area contributed by atoms with Crippen molar-refractivity contribution in [1.29, 1.82) is 0 Å². The van der Waals surface area contributed by atoms with Crippen molar-refractivity contribution in [3.63, 3.8) is 0 Å². The standard InChI is InChI=1S/C25H30N4O3/c30-22(26-15-24-10-16-8-17-9-18(12-24)25(17,11-16)14-24)20-2-1-3-21-27-19(13-29(20)21)23(31)28-4-6-32-7-5-28/h1-3,13,16-18H,4-12,14-15H2,(H,26,30). The first kappa shape index (κ1) is 19.1. The molecule has 168 valence electrons. The minimum absolute atomic E-state index is 0.0704. The maximum absolute atomic E-state index is 13.3. The molecule has 5 fully saturated rings. The van der Waals surface area contributed by atoms with Gasteiger partial charge in [0.15, 0.2) is 0 Å². The fourth-order valence-corrected chi connectivity index (χ4v) is 8.33. The van der Waals surface area contributed by atoms with E-state index in [-0.39, 0.29) is 11.8 Å². The van der Waals surface area contributed by atoms with Crippen LogP contribution in [0.5, 0.6) is 0 Å². The van der Waals surface area contributed by atoms with E-state index in [2.05, 4.69) is 10.3 Å². The second kappa shape index (κ2) is 6.56. The van der Waals surface area contributed by atoms with Gasteiger partial charge in [0.2, 0.25) is 0 Å². The summed E-state index contributed by atoms with van der Waals surface area (Å²) in [5.74, 6) is 2.58. The molecule has 5 atom stereocenters. The van der Waals surface area contributed by atoms with Crippen LogP contribution in [0.1, 0.15) is 59.5 Å². The van der Waals surface area contributed by atoms with E-state index in [1.54, 1.807) is 15.5 Å². The average Bonchev–Trinajstić information content (AvgIpc) is 3.39. The summed E-state index contributed by atoms with van der Waals surface area (Å²) in [6.45, 7) is 3.04. The Kier molecular flexibility index (Phi) is 3.92. The first-order valence-electron chi connectivity index (χ1n) is 12.2. The lowest BCUT2D eigenvalue weighted by Crippen LogP contribution is -2.43. The number of morpholine rings is 1. The number of ether oxygens (including phenoxy) is 1. The van der Waals surface area contributed by atoms with E-state index in [4.69, 9.17) is 4.74 Å². The van der Waals surface area contributed by atoms with Crippen LogP contribution >= 0.6 is 0 Å². The van der Waals surface area contributed by atoms with Crippen molar-refractivity contribution in [3.8, 4) is 0 Å². The highest BCUT2D eigenvalue weighted by Crippen LogP contribution is 2.78. The van der Waals surface area contributed by atoms with Gasteiger partial charge in [-0.1, -0.05) is 6.07 Å². The number of nitrogens with one attached hydrogen (secondary N) is 1. The number of hydrogen-bond donors (Lipinski definition) is 1. The molecule has 1 spiro atoms. The number of imidazole rings is 1. The molecule has 3 bridgehead atoms. The van der Waals surface area contributed by atoms with Gasteiger partial charge in [0.25, 0.3) is 11.8 Å². The quantitative estimate of drug-likeness (QED) is 0.803. The van der Waals surface area contributed by atoms with E-state index >= 15 is 0 Å². The number of rotatable bonds is 4. The van der Waals surface area contributed by atoms with E-state index in [0.717, 1.165) is 24.3 Å². The first-order chi connectivity index (χ1) is 15.6. The summed E-state index contributed by atoms with van der Waals surface area (Å²) >= 11 is 0. The zero-order valence-corrected chi connectivity index (χ0v) is 18.4. The Morgan fingerprint density at radius 2 is 2.00 bits per heavy atom. The summed E-state index contributed by atoms with van der Waals surface area (Å²) in [5.41, 5.74) is 2.49. The van der Waals surface area contributed by atoms with Crippen LogP contribution in [0.4, 0.5) is 0 Å². The monoisotopic (exact) mass is 434 g/mol. The molecule has 32 heavy (non-hydrogen) atoms. The second-order valence-electron chi connectivity index (χ2n) is 11.1. The molecule has 4 saturated carbocycles. The number of carbonyl (C=O) groups excluding carboxylic acids is 2. The Bertz CT molecular complexity index is 1120. The molecule has 0 radical (unpaired) electrons. The fraction of sp³-hybridized carbons (Fsp3) is 0.640. The highest BCUT2D eigenvalue weighted by molar-refractivity contribution is 5.95. The van der Waals surface area contributed by atoms with Gasteiger partial charge in [-0.05, 0) is 79.2 Å². The second-order valence-corrected chi connectivity index (χ2v) is 11.1. The van der Waals surface area contributed by atoms with Crippen LogP contribution in [0.15, 0.2) is 24.4 Å². The van der Waals surface area contributed by atoms with Gasteiger partial charge in [0.1, 0.15) is 17.0 Å². The molecule has 4 aliphatic carbocycles. The first-order valence-corrected chi connectivity index (χ1v) is 12.2. The summed E-state index contributed by atoms with van der Waals surface area (Å²) in [4.78, 5) is 32.4. The molecule has 1 aliphatic heterocycles. The number of nitrogens with zero attached hydrogens (tertiary/aromatic N) is 3. The summed E-state index contributed by atoms with van der Waals surface area (Å²) in [6, 6.07) is 5.51. The molecule has 7 rings (SSSR count). The maximum atomic E-state index is 13.3. The third kappa shape index (κ3) is 2.60. The van der Waals surface area contributed by atoms with Gasteiger partial charge >= 0.3 is 0 Å². The number of aromatic nitrogens is 2. The smallest absolute Gasteiger partial charge is 0.274 e. The number of pyridine rings is 1. The Balaban J connectivity index is 1.11. The normalized spacial score (nSPS) is 36.9. The molecular weight excluding hydrogens is 404 g/mol. The molecule has 1 N–H and O–H groups in total. The molecule has 2 amide bonds. The van der Waals surface area contributed by atoms with Crippen LogP contribution in [0.2, 0.25) is 0 Å². The zero-order chi connectivity index (χ0) is 21.5. The minimum Gasteiger partial charge on any atom is -0.378 e. The van der Waals surface area contributed by atoms with Crippen molar-refractivity contribution in [1.82, 2.24) is 19.6 Å². The van der Waals surface area contributed by atoms with Gasteiger partial charge in [0, 0.05) is 25.8 Å². The molecule has 5 unspecified atom stereocenters. The Labute approximate surface area is 187 Å². The van der Waals surface area contributed by atoms with Crippen LogP contribution in [0.3, 0.4) is 0 Å². The predicted octanol–water partition coefficient (Wildman–Crippen LogP) is 2.75. The molecule has 7 heteroatoms. The van der Waals surface area contributed by atoms with Gasteiger partial charge in [0.05, 0.1) is 13.2 Å². The van der Waals surface area contributed by atoms with Crippen molar-refractivity contribution in [2.75, 3.05) is 32.8 Å². The number of fused-ring (bicyclic) bond motifs is 3. The molecule has 2 aromatic rings. The topological polar surface area (TPSA) is 75.9 Å². The molecule has 2 aromatic heterocycles. The summed E-state index contributed by atoms with van der Waals surface area (Å²) in [6.07, 6.45) is 9.93. The maximum Gasteiger partial charge on any atom is 0.274 e. The van der Waals surface area contributed by atoms with Crippen molar-refractivity contribution < 1.29 is 14.3 Å². The lowest BCUT2D eigenvalue weighted by atomic mass is 9.55. The molecule has 3 heterocycles. The van der Waals surface area contributed by atoms with E-state index in [1.807, 2.05) is 18.2 Å². The minimum atomic E-state index is -0.102. The Morgan fingerprint density at radius 3 is 2.88 bits per heavy atom. The number of carbonyl (C=O) groups is 2. The predicted molar refractivity (Wildman–Crippen MR) is 117 cm³/mol. The summed E-state index contributed by atoms with van der Waals surface area (Å²) in [7, 11) is 0. The third-order valence-electron chi connectivity index (χ3n) is 9.45. The highest BCUT2D eigenvalue weighted by atomic mass is 16.5. The van der Waals surface area contributed by atoms with Gasteiger partial charge in [-0.15, -0.1) is 0 Å². The SMILES string of the molecule is O=C(NCC12CC3CC4CC(C1)C4(C3)C2)c1cccc2nc(C(=O)N3CCOCC3)cn12. The van der Waals surface area contributed by atoms with Crippen LogP contribution < -0.4 is 5.32 Å².